The van der Waals surface area contributed by atoms with E-state index in [9.17, 15) is 0 Å². The Hall–Kier alpha value is 0.500. The summed E-state index contributed by atoms with van der Waals surface area (Å²) in [6.45, 7) is 3.84. The molecule has 2 atom stereocenters. The molecule has 0 saturated heterocycles. The van der Waals surface area contributed by atoms with Crippen LogP contribution in [0.2, 0.25) is 0 Å². The monoisotopic (exact) mass is 200 g/mol. The van der Waals surface area contributed by atoms with Crippen LogP contribution in [0.3, 0.4) is 0 Å². The van der Waals surface area contributed by atoms with E-state index in [0.717, 1.165) is 12.8 Å². The maximum Gasteiger partial charge on any atom is 0.260 e. The maximum atomic E-state index is 8.87. The Morgan fingerprint density at radius 2 is 1.91 bits per heavy atom. The van der Waals surface area contributed by atoms with Crippen molar-refractivity contribution in [3.8, 4) is 0 Å². The van der Waals surface area contributed by atoms with E-state index in [0.29, 0.717) is 0 Å². The van der Waals surface area contributed by atoms with Crippen molar-refractivity contribution in [2.75, 3.05) is 0 Å². The molecule has 0 aromatic carbocycles. The molecule has 2 N–H and O–H groups in total. The van der Waals surface area contributed by atoms with E-state index in [1.54, 1.807) is 0 Å². The molecule has 4 heteroatoms. The van der Waals surface area contributed by atoms with Crippen LogP contribution in [-0.4, -0.2) is 20.8 Å². The molecule has 0 aromatic heterocycles. The van der Waals surface area contributed by atoms with E-state index in [2.05, 4.69) is 0 Å². The summed E-state index contributed by atoms with van der Waals surface area (Å²) in [5.41, 5.74) is 0. The van der Waals surface area contributed by atoms with Crippen LogP contribution in [0.15, 0.2) is 0 Å². The minimum atomic E-state index is -2.28. The molecule has 0 radical (unpaired) electrons. The number of hydrogen-bond acceptors (Lipinski definition) is 2. The Morgan fingerprint density at radius 1 is 1.45 bits per heavy atom. The molecule has 0 amide bonds. The van der Waals surface area contributed by atoms with Gasteiger partial charge in [0, 0.05) is 0 Å². The number of halogens is 2. The van der Waals surface area contributed by atoms with Gasteiger partial charge >= 0.3 is 0 Å². The third-order valence-corrected chi connectivity index (χ3v) is 2.68. The van der Waals surface area contributed by atoms with Crippen LogP contribution in [0.1, 0.15) is 26.7 Å². The zero-order valence-corrected chi connectivity index (χ0v) is 8.23. The second-order valence-electron chi connectivity index (χ2n) is 2.80. The molecular weight excluding hydrogens is 187 g/mol. The predicted octanol–water partition coefficient (Wildman–Crippen LogP) is 1.91. The molecule has 0 rings (SSSR count). The highest BCUT2D eigenvalue weighted by Crippen LogP contribution is 2.27. The molecule has 0 spiro atoms. The van der Waals surface area contributed by atoms with Crippen molar-refractivity contribution in [2.45, 2.75) is 37.3 Å². The van der Waals surface area contributed by atoms with Crippen LogP contribution in [0.5, 0.6) is 0 Å². The third kappa shape index (κ3) is 4.16. The lowest BCUT2D eigenvalue weighted by Gasteiger charge is -2.24. The molecule has 11 heavy (non-hydrogen) atoms. The largest absolute Gasteiger partial charge is 0.352 e. The summed E-state index contributed by atoms with van der Waals surface area (Å²) in [6, 6.07) is 0. The van der Waals surface area contributed by atoms with Crippen LogP contribution in [0.4, 0.5) is 0 Å². The van der Waals surface area contributed by atoms with Crippen LogP contribution in [-0.2, 0) is 0 Å². The summed E-state index contributed by atoms with van der Waals surface area (Å²) in [6.07, 6.45) is 1.79. The molecular formula is C7H14Cl2O2. The summed E-state index contributed by atoms with van der Waals surface area (Å²) in [5.74, 6) is 0.00849. The molecule has 0 aliphatic heterocycles. The van der Waals surface area contributed by atoms with E-state index in [-0.39, 0.29) is 5.92 Å². The van der Waals surface area contributed by atoms with Crippen LogP contribution in [0.25, 0.3) is 0 Å². The highest BCUT2D eigenvalue weighted by Gasteiger charge is 2.34. The predicted molar refractivity (Wildman–Crippen MR) is 46.7 cm³/mol. The van der Waals surface area contributed by atoms with Gasteiger partial charge in [-0.25, -0.2) is 0 Å². The standard InChI is InChI=1S/C7H14Cl2O2/c1-3-4-5(2)6(8)7(9,10)11/h5-6,10-11H,3-4H2,1-2H3. The van der Waals surface area contributed by atoms with E-state index in [4.69, 9.17) is 33.4 Å². The maximum absolute atomic E-state index is 8.87. The highest BCUT2D eigenvalue weighted by molar-refractivity contribution is 6.30. The SMILES string of the molecule is CCCC(C)C(Cl)C(O)(O)Cl. The highest BCUT2D eigenvalue weighted by atomic mass is 35.5. The fraction of sp³-hybridized carbons (Fsp3) is 1.00. The lowest BCUT2D eigenvalue weighted by molar-refractivity contribution is -0.0947. The molecule has 68 valence electrons. The first-order valence-electron chi connectivity index (χ1n) is 3.67. The zero-order valence-electron chi connectivity index (χ0n) is 6.72. The fourth-order valence-electron chi connectivity index (χ4n) is 0.964. The van der Waals surface area contributed by atoms with Gasteiger partial charge in [0.1, 0.15) is 5.38 Å². The number of hydrogen-bond donors (Lipinski definition) is 2. The van der Waals surface area contributed by atoms with Gasteiger partial charge in [-0.1, -0.05) is 31.9 Å². The summed E-state index contributed by atoms with van der Waals surface area (Å²) >= 11 is 10.8. The van der Waals surface area contributed by atoms with Crippen LogP contribution in [0, 0.1) is 5.92 Å². The fourth-order valence-corrected chi connectivity index (χ4v) is 1.30. The smallest absolute Gasteiger partial charge is 0.260 e. The number of aliphatic hydroxyl groups is 2. The van der Waals surface area contributed by atoms with Crippen LogP contribution < -0.4 is 0 Å². The minimum absolute atomic E-state index is 0.00849. The summed E-state index contributed by atoms with van der Waals surface area (Å²) in [4.78, 5) is 0. The van der Waals surface area contributed by atoms with Gasteiger partial charge in [-0.15, -0.1) is 11.6 Å². The zero-order chi connectivity index (χ0) is 9.07. The van der Waals surface area contributed by atoms with Gasteiger partial charge in [0.25, 0.3) is 5.25 Å². The lowest BCUT2D eigenvalue weighted by Crippen LogP contribution is -2.36. The first-order valence-corrected chi connectivity index (χ1v) is 4.48. The Bertz CT molecular complexity index is 111. The minimum Gasteiger partial charge on any atom is -0.352 e. The van der Waals surface area contributed by atoms with Gasteiger partial charge in [0.15, 0.2) is 0 Å². The van der Waals surface area contributed by atoms with E-state index in [1.165, 1.54) is 0 Å². The topological polar surface area (TPSA) is 40.5 Å². The van der Waals surface area contributed by atoms with Crippen molar-refractivity contribution in [1.82, 2.24) is 0 Å². The van der Waals surface area contributed by atoms with Crippen molar-refractivity contribution in [3.05, 3.63) is 0 Å². The molecule has 0 aliphatic rings. The Kier molecular flexibility index (Phi) is 4.71. The van der Waals surface area contributed by atoms with E-state index in [1.807, 2.05) is 13.8 Å². The van der Waals surface area contributed by atoms with Gasteiger partial charge < -0.3 is 10.2 Å². The molecule has 0 aromatic rings. The van der Waals surface area contributed by atoms with Crippen molar-refractivity contribution in [3.63, 3.8) is 0 Å². The average Bonchev–Trinajstić information content (AvgIpc) is 1.85. The Morgan fingerprint density at radius 3 is 2.18 bits per heavy atom. The Labute approximate surface area is 77.1 Å². The normalized spacial score (nSPS) is 18.0. The third-order valence-electron chi connectivity index (χ3n) is 1.59. The van der Waals surface area contributed by atoms with Crippen molar-refractivity contribution < 1.29 is 10.2 Å². The summed E-state index contributed by atoms with van der Waals surface area (Å²) in [7, 11) is 0. The Balaban J connectivity index is 3.91. The van der Waals surface area contributed by atoms with Gasteiger partial charge in [-0.2, -0.15) is 0 Å². The summed E-state index contributed by atoms with van der Waals surface area (Å²) in [5, 5.41) is 14.6. The van der Waals surface area contributed by atoms with Gasteiger partial charge in [0.05, 0.1) is 0 Å². The molecule has 0 bridgehead atoms. The van der Waals surface area contributed by atoms with Gasteiger partial charge in [-0.3, -0.25) is 0 Å². The van der Waals surface area contributed by atoms with Crippen molar-refractivity contribution >= 4 is 23.2 Å². The second-order valence-corrected chi connectivity index (χ2v) is 3.83. The number of rotatable bonds is 4. The van der Waals surface area contributed by atoms with Crippen molar-refractivity contribution in [1.29, 1.82) is 0 Å². The first-order chi connectivity index (χ1) is 4.89. The van der Waals surface area contributed by atoms with Gasteiger partial charge in [-0.05, 0) is 12.3 Å². The molecule has 0 saturated carbocycles. The second kappa shape index (κ2) is 4.51. The van der Waals surface area contributed by atoms with Gasteiger partial charge in [0.2, 0.25) is 0 Å². The van der Waals surface area contributed by atoms with Crippen LogP contribution >= 0.6 is 23.2 Å². The molecule has 2 unspecified atom stereocenters. The molecule has 0 heterocycles. The molecule has 0 aliphatic carbocycles. The average molecular weight is 201 g/mol. The molecule has 2 nitrogen and oxygen atoms in total. The lowest BCUT2D eigenvalue weighted by atomic mass is 10.0. The first kappa shape index (κ1) is 11.5. The quantitative estimate of drug-likeness (QED) is 0.538. The van der Waals surface area contributed by atoms with E-state index >= 15 is 0 Å². The van der Waals surface area contributed by atoms with E-state index < -0.39 is 10.6 Å². The summed E-state index contributed by atoms with van der Waals surface area (Å²) < 4.78 is 0. The molecule has 0 fully saturated rings. The number of alkyl halides is 2. The van der Waals surface area contributed by atoms with Crippen molar-refractivity contribution in [2.24, 2.45) is 5.92 Å².